The van der Waals surface area contributed by atoms with E-state index in [-0.39, 0.29) is 16.9 Å². The third-order valence-electron chi connectivity index (χ3n) is 6.70. The van der Waals surface area contributed by atoms with E-state index in [1.165, 1.54) is 25.5 Å². The van der Waals surface area contributed by atoms with Crippen molar-refractivity contribution in [3.63, 3.8) is 0 Å². The summed E-state index contributed by atoms with van der Waals surface area (Å²) in [6.45, 7) is 0. The fourth-order valence-electron chi connectivity index (χ4n) is 5.73. The maximum Gasteiger partial charge on any atom is 0.339 e. The molecule has 27 heavy (non-hydrogen) atoms. The fraction of sp³-hybridized carbons (Fsp3) is 0.476. The quantitative estimate of drug-likeness (QED) is 0.871. The van der Waals surface area contributed by atoms with Crippen molar-refractivity contribution in [1.29, 1.82) is 0 Å². The summed E-state index contributed by atoms with van der Waals surface area (Å²) >= 11 is 0. The summed E-state index contributed by atoms with van der Waals surface area (Å²) in [7, 11) is 1.73. The molecular formula is C21H25N3O3. The summed E-state index contributed by atoms with van der Waals surface area (Å²) in [5.74, 6) is 1.39. The second-order valence-electron chi connectivity index (χ2n) is 8.27. The zero-order valence-corrected chi connectivity index (χ0v) is 15.5. The van der Waals surface area contributed by atoms with E-state index in [0.717, 1.165) is 30.2 Å². The van der Waals surface area contributed by atoms with Gasteiger partial charge in [0.1, 0.15) is 5.56 Å². The molecule has 4 bridgehead atoms. The van der Waals surface area contributed by atoms with Gasteiger partial charge in [-0.25, -0.2) is 4.79 Å². The van der Waals surface area contributed by atoms with Crippen molar-refractivity contribution >= 4 is 11.9 Å². The number of carboxylic acid groups (broad SMARTS) is 1. The molecule has 2 atom stereocenters. The molecule has 1 aromatic heterocycles. The van der Waals surface area contributed by atoms with Crippen LogP contribution in [-0.2, 0) is 11.8 Å². The molecule has 1 aromatic carbocycles. The smallest absolute Gasteiger partial charge is 0.339 e. The molecule has 0 radical (unpaired) electrons. The Hall–Kier alpha value is -2.63. The Morgan fingerprint density at radius 1 is 1.15 bits per heavy atom. The minimum absolute atomic E-state index is 0.00259. The fourth-order valence-corrected chi connectivity index (χ4v) is 5.73. The second-order valence-corrected chi connectivity index (χ2v) is 8.27. The van der Waals surface area contributed by atoms with Crippen molar-refractivity contribution in [3.05, 3.63) is 42.1 Å². The van der Waals surface area contributed by atoms with Crippen LogP contribution in [-0.4, -0.2) is 26.8 Å². The van der Waals surface area contributed by atoms with E-state index in [1.54, 1.807) is 11.7 Å². The minimum atomic E-state index is -0.957. The lowest BCUT2D eigenvalue weighted by Gasteiger charge is -2.29. The highest BCUT2D eigenvalue weighted by molar-refractivity contribution is 5.94. The van der Waals surface area contributed by atoms with Crippen LogP contribution in [0.1, 0.15) is 42.5 Å². The molecule has 0 aliphatic heterocycles. The number of nitrogens with zero attached hydrogens (tertiary/aromatic N) is 2. The van der Waals surface area contributed by atoms with Crippen LogP contribution in [0, 0.1) is 23.2 Å². The van der Waals surface area contributed by atoms with E-state index in [4.69, 9.17) is 10.8 Å². The number of aryl methyl sites for hydroxylation is 1. The van der Waals surface area contributed by atoms with Gasteiger partial charge in [0.2, 0.25) is 5.91 Å². The van der Waals surface area contributed by atoms with Gasteiger partial charge in [0.15, 0.2) is 0 Å². The highest BCUT2D eigenvalue weighted by atomic mass is 16.4. The van der Waals surface area contributed by atoms with E-state index in [2.05, 4.69) is 5.10 Å². The van der Waals surface area contributed by atoms with Crippen LogP contribution in [0.15, 0.2) is 36.5 Å². The first-order valence-electron chi connectivity index (χ1n) is 9.51. The standard InChI is InChI=1S/C11H10N2O2.C10H15NO/c1-13-10(8-5-3-2-4-6-8)9(7-12-13)11(14)15;11-9(12)10-4-6-1-7(5-10)3-8(10)2-6/h2-7H,1H3,(H,14,15);6-8H,1-5H2,(H2,11,12). The highest BCUT2D eigenvalue weighted by Gasteiger charge is 2.60. The van der Waals surface area contributed by atoms with Crippen molar-refractivity contribution in [2.45, 2.75) is 32.1 Å². The number of primary amides is 1. The molecule has 142 valence electrons. The molecule has 0 spiro atoms. The molecule has 4 saturated carbocycles. The summed E-state index contributed by atoms with van der Waals surface area (Å²) in [5.41, 5.74) is 7.19. The maximum absolute atomic E-state index is 11.4. The SMILES string of the molecule is Cn1ncc(C(=O)O)c1-c1ccccc1.NC(=O)C12CC3CC(CC1C3)C2. The van der Waals surface area contributed by atoms with Crippen molar-refractivity contribution in [3.8, 4) is 11.3 Å². The van der Waals surface area contributed by atoms with Gasteiger partial charge < -0.3 is 10.8 Å². The molecule has 4 aliphatic rings. The normalized spacial score (nSPS) is 30.0. The third-order valence-corrected chi connectivity index (χ3v) is 6.70. The molecule has 0 saturated heterocycles. The number of nitrogens with two attached hydrogens (primary N) is 1. The Bertz CT molecular complexity index is 860. The molecular weight excluding hydrogens is 342 g/mol. The van der Waals surface area contributed by atoms with Gasteiger partial charge in [-0.1, -0.05) is 30.3 Å². The summed E-state index contributed by atoms with van der Waals surface area (Å²) in [6, 6.07) is 9.36. The highest BCUT2D eigenvalue weighted by Crippen LogP contribution is 2.65. The molecule has 2 unspecified atom stereocenters. The average molecular weight is 367 g/mol. The first-order valence-corrected chi connectivity index (χ1v) is 9.51. The molecule has 1 amide bonds. The lowest BCUT2D eigenvalue weighted by Crippen LogP contribution is -2.38. The predicted octanol–water partition coefficient (Wildman–Crippen LogP) is 3.08. The molecule has 6 heteroatoms. The lowest BCUT2D eigenvalue weighted by molar-refractivity contribution is -0.129. The first kappa shape index (κ1) is 17.8. The second kappa shape index (κ2) is 6.51. The number of aromatic nitrogens is 2. The topological polar surface area (TPSA) is 98.2 Å². The number of amides is 1. The number of rotatable bonds is 3. The van der Waals surface area contributed by atoms with E-state index in [0.29, 0.717) is 11.6 Å². The molecule has 6 nitrogen and oxygen atoms in total. The zero-order chi connectivity index (χ0) is 19.2. The molecule has 3 N–H and O–H groups in total. The monoisotopic (exact) mass is 367 g/mol. The number of hydrogen-bond donors (Lipinski definition) is 2. The summed E-state index contributed by atoms with van der Waals surface area (Å²) < 4.78 is 1.57. The largest absolute Gasteiger partial charge is 0.478 e. The number of carbonyl (C=O) groups is 2. The molecule has 4 aliphatic carbocycles. The van der Waals surface area contributed by atoms with Gasteiger partial charge in [0, 0.05) is 12.6 Å². The maximum atomic E-state index is 11.4. The van der Waals surface area contributed by atoms with Crippen LogP contribution in [0.3, 0.4) is 0 Å². The number of aromatic carboxylic acids is 1. The van der Waals surface area contributed by atoms with E-state index in [9.17, 15) is 9.59 Å². The van der Waals surface area contributed by atoms with Crippen LogP contribution < -0.4 is 5.73 Å². The molecule has 2 aromatic rings. The summed E-state index contributed by atoms with van der Waals surface area (Å²) in [5, 5.41) is 12.9. The van der Waals surface area contributed by atoms with Crippen LogP contribution >= 0.6 is 0 Å². The summed E-state index contributed by atoms with van der Waals surface area (Å²) in [4.78, 5) is 22.3. The number of carboxylic acids is 1. The number of hydrogen-bond acceptors (Lipinski definition) is 3. The molecule has 4 fully saturated rings. The first-order chi connectivity index (χ1) is 12.9. The molecule has 6 rings (SSSR count). The minimum Gasteiger partial charge on any atom is -0.478 e. The van der Waals surface area contributed by atoms with E-state index >= 15 is 0 Å². The van der Waals surface area contributed by atoms with Gasteiger partial charge in [-0.05, 0) is 49.9 Å². The van der Waals surface area contributed by atoms with Gasteiger partial charge in [-0.15, -0.1) is 0 Å². The Morgan fingerprint density at radius 2 is 1.78 bits per heavy atom. The predicted molar refractivity (Wildman–Crippen MR) is 101 cm³/mol. The van der Waals surface area contributed by atoms with Crippen LogP contribution in [0.25, 0.3) is 11.3 Å². The van der Waals surface area contributed by atoms with Crippen LogP contribution in [0.5, 0.6) is 0 Å². The summed E-state index contributed by atoms with van der Waals surface area (Å²) in [6.07, 6.45) is 7.56. The van der Waals surface area contributed by atoms with Crippen LogP contribution in [0.4, 0.5) is 0 Å². The van der Waals surface area contributed by atoms with Gasteiger partial charge in [-0.2, -0.15) is 5.10 Å². The van der Waals surface area contributed by atoms with Crippen LogP contribution in [0.2, 0.25) is 0 Å². The van der Waals surface area contributed by atoms with Gasteiger partial charge in [0.25, 0.3) is 0 Å². The Kier molecular flexibility index (Phi) is 4.29. The van der Waals surface area contributed by atoms with Crippen molar-refractivity contribution in [1.82, 2.24) is 9.78 Å². The zero-order valence-electron chi connectivity index (χ0n) is 15.5. The van der Waals surface area contributed by atoms with Crippen molar-refractivity contribution in [2.75, 3.05) is 0 Å². The Balaban J connectivity index is 0.000000136. The number of benzene rings is 1. The van der Waals surface area contributed by atoms with Gasteiger partial charge >= 0.3 is 5.97 Å². The number of carbonyl (C=O) groups excluding carboxylic acids is 1. The van der Waals surface area contributed by atoms with Crippen molar-refractivity contribution < 1.29 is 14.7 Å². The van der Waals surface area contributed by atoms with E-state index < -0.39 is 5.97 Å². The average Bonchev–Trinajstić information content (AvgIpc) is 3.23. The third kappa shape index (κ3) is 2.93. The molecule has 1 heterocycles. The van der Waals surface area contributed by atoms with Crippen molar-refractivity contribution in [2.24, 2.45) is 36.0 Å². The van der Waals surface area contributed by atoms with Gasteiger partial charge in [-0.3, -0.25) is 9.48 Å². The lowest BCUT2D eigenvalue weighted by atomic mass is 9.75. The van der Waals surface area contributed by atoms with Gasteiger partial charge in [0.05, 0.1) is 17.3 Å². The van der Waals surface area contributed by atoms with E-state index in [1.807, 2.05) is 30.3 Å². The Labute approximate surface area is 158 Å². The Morgan fingerprint density at radius 3 is 2.30 bits per heavy atom.